The number of amides is 1. The Morgan fingerprint density at radius 2 is 1.69 bits per heavy atom. The molecule has 0 aromatic carbocycles. The molecule has 0 radical (unpaired) electrons. The van der Waals surface area contributed by atoms with Crippen LogP contribution in [-0.2, 0) is 9.36 Å². The highest BCUT2D eigenvalue weighted by Gasteiger charge is 2.21. The third-order valence-electron chi connectivity index (χ3n) is 1.46. The van der Waals surface area contributed by atoms with Crippen LogP contribution in [0.15, 0.2) is 0 Å². The van der Waals surface area contributed by atoms with Gasteiger partial charge in [-0.3, -0.25) is 9.36 Å². The average molecular weight is 213 g/mol. The van der Waals surface area contributed by atoms with Crippen molar-refractivity contribution in [3.8, 4) is 0 Å². The molecule has 0 fully saturated rings. The second kappa shape index (κ2) is 6.10. The lowest BCUT2D eigenvalue weighted by Crippen LogP contribution is -2.32. The molecule has 0 aliphatic heterocycles. The van der Waals surface area contributed by atoms with Crippen LogP contribution < -0.4 is 0 Å². The van der Waals surface area contributed by atoms with Gasteiger partial charge in [0.2, 0.25) is 5.91 Å². The molecule has 0 bridgehead atoms. The van der Waals surface area contributed by atoms with E-state index < -0.39 is 19.7 Å². The lowest BCUT2D eigenvalue weighted by Gasteiger charge is -2.18. The highest BCUT2D eigenvalue weighted by molar-refractivity contribution is 7.52. The lowest BCUT2D eigenvalue weighted by molar-refractivity contribution is -0.128. The van der Waals surface area contributed by atoms with Crippen molar-refractivity contribution >= 4 is 13.5 Å². The molecule has 4 N–H and O–H groups in total. The third kappa shape index (κ3) is 6.72. The Kier molecular flexibility index (Phi) is 7.07. The Balaban J connectivity index is 0. The predicted molar refractivity (Wildman–Crippen MR) is 48.5 cm³/mol. The van der Waals surface area contributed by atoms with E-state index in [-0.39, 0.29) is 5.48 Å². The van der Waals surface area contributed by atoms with Crippen LogP contribution in [0.25, 0.3) is 0 Å². The van der Waals surface area contributed by atoms with E-state index in [1.807, 2.05) is 0 Å². The van der Waals surface area contributed by atoms with Crippen LogP contribution in [0.5, 0.6) is 0 Å². The van der Waals surface area contributed by atoms with Crippen molar-refractivity contribution < 1.29 is 24.6 Å². The van der Waals surface area contributed by atoms with Crippen molar-refractivity contribution in [1.82, 2.24) is 4.90 Å². The van der Waals surface area contributed by atoms with E-state index in [4.69, 9.17) is 9.79 Å². The van der Waals surface area contributed by atoms with Gasteiger partial charge in [-0.05, 0) is 13.8 Å². The fourth-order valence-electron chi connectivity index (χ4n) is 0.853. The number of rotatable bonds is 4. The minimum Gasteiger partial charge on any atom is -0.412 e. The molecule has 0 saturated heterocycles. The van der Waals surface area contributed by atoms with Crippen LogP contribution in [0.2, 0.25) is 0 Å². The minimum absolute atomic E-state index is 0. The number of carbonyl (C=O) groups is 1. The number of hydrogen-bond donors (Lipinski definition) is 2. The Hall–Kier alpha value is -0.420. The van der Waals surface area contributed by atoms with Gasteiger partial charge in [-0.2, -0.15) is 0 Å². The zero-order chi connectivity index (χ0) is 9.78. The molecule has 0 unspecified atom stereocenters. The Bertz CT molecular complexity index is 197. The van der Waals surface area contributed by atoms with Crippen molar-refractivity contribution in [2.24, 2.45) is 0 Å². The second-order valence-corrected chi connectivity index (χ2v) is 4.03. The SMILES string of the molecule is CCN(CC)C(=O)CP(=O)(O)O.O. The Morgan fingerprint density at radius 1 is 1.31 bits per heavy atom. The largest absolute Gasteiger partial charge is 0.412 e. The first-order valence-corrected chi connectivity index (χ1v) is 5.52. The Morgan fingerprint density at radius 3 is 1.92 bits per heavy atom. The molecular weight excluding hydrogens is 197 g/mol. The highest BCUT2D eigenvalue weighted by Crippen LogP contribution is 2.34. The van der Waals surface area contributed by atoms with Gasteiger partial charge in [-0.15, -0.1) is 0 Å². The van der Waals surface area contributed by atoms with Gasteiger partial charge in [0, 0.05) is 13.1 Å². The van der Waals surface area contributed by atoms with Gasteiger partial charge in [-0.1, -0.05) is 0 Å². The summed E-state index contributed by atoms with van der Waals surface area (Å²) in [6.45, 7) is 4.49. The smallest absolute Gasteiger partial charge is 0.334 e. The van der Waals surface area contributed by atoms with Gasteiger partial charge >= 0.3 is 7.60 Å². The molecule has 0 aliphatic carbocycles. The maximum atomic E-state index is 11.1. The maximum Gasteiger partial charge on any atom is 0.334 e. The van der Waals surface area contributed by atoms with Gasteiger partial charge in [0.05, 0.1) is 0 Å². The highest BCUT2D eigenvalue weighted by atomic mass is 31.2. The van der Waals surface area contributed by atoms with E-state index in [0.717, 1.165) is 0 Å². The van der Waals surface area contributed by atoms with Gasteiger partial charge in [-0.25, -0.2) is 0 Å². The van der Waals surface area contributed by atoms with Crippen molar-refractivity contribution in [1.29, 1.82) is 0 Å². The zero-order valence-electron chi connectivity index (χ0n) is 7.73. The summed E-state index contributed by atoms with van der Waals surface area (Å²) in [5.41, 5.74) is 0. The fourth-order valence-corrected chi connectivity index (χ4v) is 1.40. The molecule has 13 heavy (non-hydrogen) atoms. The molecule has 0 atom stereocenters. The first kappa shape index (κ1) is 15.1. The Labute approximate surface area is 77.0 Å². The molecule has 7 heteroatoms. The number of hydrogen-bond acceptors (Lipinski definition) is 2. The van der Waals surface area contributed by atoms with E-state index >= 15 is 0 Å². The first-order valence-electron chi connectivity index (χ1n) is 3.73. The summed E-state index contributed by atoms with van der Waals surface area (Å²) in [6, 6.07) is 0. The summed E-state index contributed by atoms with van der Waals surface area (Å²) in [5, 5.41) is 0. The van der Waals surface area contributed by atoms with Crippen molar-refractivity contribution in [2.45, 2.75) is 13.8 Å². The van der Waals surface area contributed by atoms with E-state index in [9.17, 15) is 9.36 Å². The molecule has 0 saturated carbocycles. The van der Waals surface area contributed by atoms with E-state index in [2.05, 4.69) is 0 Å². The van der Waals surface area contributed by atoms with Crippen molar-refractivity contribution in [3.63, 3.8) is 0 Å². The lowest BCUT2D eigenvalue weighted by atomic mass is 10.5. The summed E-state index contributed by atoms with van der Waals surface area (Å²) < 4.78 is 10.4. The van der Waals surface area contributed by atoms with Gasteiger partial charge in [0.25, 0.3) is 0 Å². The third-order valence-corrected chi connectivity index (χ3v) is 2.14. The van der Waals surface area contributed by atoms with E-state index in [0.29, 0.717) is 13.1 Å². The molecule has 0 rings (SSSR count). The summed E-state index contributed by atoms with van der Waals surface area (Å²) in [4.78, 5) is 29.4. The topological polar surface area (TPSA) is 109 Å². The summed E-state index contributed by atoms with van der Waals surface area (Å²) in [6.07, 6.45) is -0.686. The van der Waals surface area contributed by atoms with Gasteiger partial charge < -0.3 is 20.2 Å². The van der Waals surface area contributed by atoms with Crippen LogP contribution in [0, 0.1) is 0 Å². The molecule has 0 aromatic heterocycles. The maximum absolute atomic E-state index is 11.1. The zero-order valence-corrected chi connectivity index (χ0v) is 8.62. The molecule has 0 spiro atoms. The van der Waals surface area contributed by atoms with Crippen LogP contribution >= 0.6 is 7.60 Å². The molecule has 0 heterocycles. The van der Waals surface area contributed by atoms with Gasteiger partial charge in [0.1, 0.15) is 6.16 Å². The summed E-state index contributed by atoms with van der Waals surface area (Å²) >= 11 is 0. The average Bonchev–Trinajstić information content (AvgIpc) is 1.85. The van der Waals surface area contributed by atoms with E-state index in [1.54, 1.807) is 13.8 Å². The standard InChI is InChI=1S/C6H14NO4P.H2O/c1-3-7(4-2)6(8)5-12(9,10)11;/h3-5H2,1-2H3,(H2,9,10,11);1H2. The fraction of sp³-hybridized carbons (Fsp3) is 0.833. The molecule has 1 amide bonds. The molecule has 0 aromatic rings. The first-order chi connectivity index (χ1) is 5.40. The van der Waals surface area contributed by atoms with Crippen LogP contribution in [0.1, 0.15) is 13.8 Å². The molecule has 80 valence electrons. The monoisotopic (exact) mass is 213 g/mol. The number of carbonyl (C=O) groups excluding carboxylic acids is 1. The van der Waals surface area contributed by atoms with Crippen molar-refractivity contribution in [3.05, 3.63) is 0 Å². The van der Waals surface area contributed by atoms with Gasteiger partial charge in [0.15, 0.2) is 0 Å². The summed E-state index contributed by atoms with van der Waals surface area (Å²) in [5.74, 6) is -0.492. The van der Waals surface area contributed by atoms with Crippen molar-refractivity contribution in [2.75, 3.05) is 19.3 Å². The predicted octanol–water partition coefficient (Wildman–Crippen LogP) is -0.792. The van der Waals surface area contributed by atoms with E-state index in [1.165, 1.54) is 4.90 Å². The quantitative estimate of drug-likeness (QED) is 0.596. The van der Waals surface area contributed by atoms with Crippen LogP contribution in [-0.4, -0.2) is 45.3 Å². The number of nitrogens with zero attached hydrogens (tertiary/aromatic N) is 1. The van der Waals surface area contributed by atoms with Crippen LogP contribution in [0.4, 0.5) is 0 Å². The molecule has 6 nitrogen and oxygen atoms in total. The van der Waals surface area contributed by atoms with Crippen LogP contribution in [0.3, 0.4) is 0 Å². The normalized spacial score (nSPS) is 10.5. The second-order valence-electron chi connectivity index (χ2n) is 2.39. The molecular formula is C6H16NO5P. The summed E-state index contributed by atoms with van der Waals surface area (Å²) in [7, 11) is -4.19. The minimum atomic E-state index is -4.19. The molecule has 0 aliphatic rings.